The average molecular weight is 342 g/mol. The Labute approximate surface area is 156 Å². The lowest BCUT2D eigenvalue weighted by Crippen LogP contribution is -2.15. The number of hydrogen-bond acceptors (Lipinski definition) is 1. The van der Waals surface area contributed by atoms with Crippen LogP contribution in [0.3, 0.4) is 0 Å². The summed E-state index contributed by atoms with van der Waals surface area (Å²) < 4.78 is 0. The Morgan fingerprint density at radius 1 is 0.800 bits per heavy atom. The molecule has 1 aromatic heterocycles. The smallest absolute Gasteiger partial charge is 0.0434 e. The molecular formula is C24H39N. The third-order valence-corrected chi connectivity index (χ3v) is 7.19. The Morgan fingerprint density at radius 2 is 1.48 bits per heavy atom. The number of pyridine rings is 1. The van der Waals surface area contributed by atoms with E-state index in [1.807, 2.05) is 0 Å². The van der Waals surface area contributed by atoms with Crippen molar-refractivity contribution in [3.05, 3.63) is 29.6 Å². The van der Waals surface area contributed by atoms with Gasteiger partial charge in [0.25, 0.3) is 0 Å². The molecule has 25 heavy (non-hydrogen) atoms. The summed E-state index contributed by atoms with van der Waals surface area (Å²) in [5.41, 5.74) is 2.88. The number of rotatable bonds is 7. The zero-order valence-corrected chi connectivity index (χ0v) is 16.7. The van der Waals surface area contributed by atoms with E-state index in [9.17, 15) is 0 Å². The summed E-state index contributed by atoms with van der Waals surface area (Å²) in [5.74, 6) is 3.48. The Morgan fingerprint density at radius 3 is 2.08 bits per heavy atom. The first kappa shape index (κ1) is 18.9. The molecule has 0 unspecified atom stereocenters. The maximum absolute atomic E-state index is 4.91. The van der Waals surface area contributed by atoms with Crippen LogP contribution in [0.5, 0.6) is 0 Å². The van der Waals surface area contributed by atoms with E-state index in [1.54, 1.807) is 0 Å². The molecule has 0 radical (unpaired) electrons. The molecule has 2 aliphatic rings. The number of unbranched alkanes of at least 4 members (excludes halogenated alkanes) is 2. The molecule has 2 saturated carbocycles. The Kier molecular flexibility index (Phi) is 7.37. The maximum atomic E-state index is 4.91. The molecule has 0 aromatic carbocycles. The van der Waals surface area contributed by atoms with Gasteiger partial charge < -0.3 is 0 Å². The van der Waals surface area contributed by atoms with Gasteiger partial charge in [0.1, 0.15) is 0 Å². The molecule has 0 spiro atoms. The summed E-state index contributed by atoms with van der Waals surface area (Å²) in [4.78, 5) is 4.91. The van der Waals surface area contributed by atoms with Crippen LogP contribution in [0.1, 0.15) is 120 Å². The van der Waals surface area contributed by atoms with Crippen molar-refractivity contribution in [1.29, 1.82) is 0 Å². The van der Waals surface area contributed by atoms with Crippen molar-refractivity contribution in [3.8, 4) is 0 Å². The van der Waals surface area contributed by atoms with Gasteiger partial charge in [0.15, 0.2) is 0 Å². The highest BCUT2D eigenvalue weighted by Gasteiger charge is 2.24. The van der Waals surface area contributed by atoms with Crippen molar-refractivity contribution in [2.75, 3.05) is 0 Å². The van der Waals surface area contributed by atoms with Gasteiger partial charge in [0.05, 0.1) is 0 Å². The van der Waals surface area contributed by atoms with Gasteiger partial charge in [-0.3, -0.25) is 4.98 Å². The topological polar surface area (TPSA) is 12.9 Å². The fourth-order valence-corrected chi connectivity index (χ4v) is 5.23. The van der Waals surface area contributed by atoms with E-state index in [1.165, 1.54) is 94.7 Å². The van der Waals surface area contributed by atoms with E-state index in [0.717, 1.165) is 23.7 Å². The second-order valence-corrected chi connectivity index (χ2v) is 8.86. The van der Waals surface area contributed by atoms with Crippen molar-refractivity contribution >= 4 is 0 Å². The molecule has 0 amide bonds. The molecular weight excluding hydrogens is 302 g/mol. The first-order valence-electron chi connectivity index (χ1n) is 11.3. The SMILES string of the molecule is CCCCCC1CCC(c2ccc(C3CCC(CC)CC3)nc2)CC1. The highest BCUT2D eigenvalue weighted by molar-refractivity contribution is 5.21. The molecule has 3 rings (SSSR count). The van der Waals surface area contributed by atoms with Crippen LogP contribution in [0.25, 0.3) is 0 Å². The molecule has 0 aliphatic heterocycles. The van der Waals surface area contributed by atoms with Gasteiger partial charge in [-0.25, -0.2) is 0 Å². The largest absolute Gasteiger partial charge is 0.261 e. The van der Waals surface area contributed by atoms with Gasteiger partial charge in [0, 0.05) is 17.8 Å². The lowest BCUT2D eigenvalue weighted by Gasteiger charge is -2.29. The van der Waals surface area contributed by atoms with E-state index in [2.05, 4.69) is 32.2 Å². The fourth-order valence-electron chi connectivity index (χ4n) is 5.23. The monoisotopic (exact) mass is 341 g/mol. The van der Waals surface area contributed by atoms with E-state index < -0.39 is 0 Å². The molecule has 0 atom stereocenters. The molecule has 2 fully saturated rings. The summed E-state index contributed by atoms with van der Waals surface area (Å²) in [6.07, 6.45) is 20.5. The molecule has 1 nitrogen and oxygen atoms in total. The molecule has 140 valence electrons. The van der Waals surface area contributed by atoms with Gasteiger partial charge in [-0.1, -0.05) is 52.0 Å². The number of aromatic nitrogens is 1. The van der Waals surface area contributed by atoms with Crippen molar-refractivity contribution in [2.45, 2.75) is 109 Å². The number of hydrogen-bond donors (Lipinski definition) is 0. The molecule has 0 saturated heterocycles. The Bertz CT molecular complexity index is 475. The van der Waals surface area contributed by atoms with Gasteiger partial charge in [-0.05, 0) is 80.8 Å². The van der Waals surface area contributed by atoms with Gasteiger partial charge in [-0.2, -0.15) is 0 Å². The lowest BCUT2D eigenvalue weighted by atomic mass is 9.77. The highest BCUT2D eigenvalue weighted by Crippen LogP contribution is 2.39. The van der Waals surface area contributed by atoms with Crippen molar-refractivity contribution in [2.24, 2.45) is 11.8 Å². The standard InChI is InChI=1S/C24H39N/c1-3-5-6-7-20-10-12-21(13-11-20)23-16-17-24(25-18-23)22-14-8-19(4-2)9-15-22/h16-22H,3-15H2,1-2H3. The van der Waals surface area contributed by atoms with Crippen LogP contribution in [-0.2, 0) is 0 Å². The summed E-state index contributed by atoms with van der Waals surface area (Å²) in [6.45, 7) is 4.65. The van der Waals surface area contributed by atoms with Crippen LogP contribution in [0, 0.1) is 11.8 Å². The van der Waals surface area contributed by atoms with Crippen LogP contribution in [0.2, 0.25) is 0 Å². The van der Waals surface area contributed by atoms with Gasteiger partial charge in [0.2, 0.25) is 0 Å². The predicted molar refractivity (Wildman–Crippen MR) is 108 cm³/mol. The predicted octanol–water partition coefficient (Wildman–Crippen LogP) is 7.62. The second-order valence-electron chi connectivity index (χ2n) is 8.86. The minimum absolute atomic E-state index is 0.728. The summed E-state index contributed by atoms with van der Waals surface area (Å²) in [5, 5.41) is 0. The third-order valence-electron chi connectivity index (χ3n) is 7.19. The molecule has 0 N–H and O–H groups in total. The van der Waals surface area contributed by atoms with Crippen LogP contribution >= 0.6 is 0 Å². The van der Waals surface area contributed by atoms with Crippen molar-refractivity contribution in [3.63, 3.8) is 0 Å². The zero-order valence-electron chi connectivity index (χ0n) is 16.7. The van der Waals surface area contributed by atoms with E-state index in [0.29, 0.717) is 0 Å². The third kappa shape index (κ3) is 5.31. The minimum atomic E-state index is 0.728. The molecule has 1 aromatic rings. The Hall–Kier alpha value is -0.850. The molecule has 0 bridgehead atoms. The van der Waals surface area contributed by atoms with Crippen molar-refractivity contribution < 1.29 is 0 Å². The maximum Gasteiger partial charge on any atom is 0.0434 e. The number of nitrogens with zero attached hydrogens (tertiary/aromatic N) is 1. The molecule has 1 heteroatoms. The van der Waals surface area contributed by atoms with E-state index >= 15 is 0 Å². The van der Waals surface area contributed by atoms with Crippen molar-refractivity contribution in [1.82, 2.24) is 4.98 Å². The van der Waals surface area contributed by atoms with Gasteiger partial charge >= 0.3 is 0 Å². The first-order chi connectivity index (χ1) is 12.3. The fraction of sp³-hybridized carbons (Fsp3) is 0.792. The van der Waals surface area contributed by atoms with Crippen LogP contribution in [-0.4, -0.2) is 4.98 Å². The summed E-state index contributed by atoms with van der Waals surface area (Å²) in [7, 11) is 0. The zero-order chi connectivity index (χ0) is 17.5. The summed E-state index contributed by atoms with van der Waals surface area (Å²) in [6, 6.07) is 4.77. The van der Waals surface area contributed by atoms with Crippen LogP contribution in [0.4, 0.5) is 0 Å². The average Bonchev–Trinajstić information content (AvgIpc) is 2.69. The normalized spacial score (nSPS) is 30.3. The van der Waals surface area contributed by atoms with E-state index in [4.69, 9.17) is 4.98 Å². The van der Waals surface area contributed by atoms with Crippen LogP contribution in [0.15, 0.2) is 18.3 Å². The minimum Gasteiger partial charge on any atom is -0.261 e. The second kappa shape index (κ2) is 9.74. The van der Waals surface area contributed by atoms with E-state index in [-0.39, 0.29) is 0 Å². The molecule has 2 aliphatic carbocycles. The molecule has 1 heterocycles. The Balaban J connectivity index is 1.47. The lowest BCUT2D eigenvalue weighted by molar-refractivity contribution is 0.302. The first-order valence-corrected chi connectivity index (χ1v) is 11.3. The van der Waals surface area contributed by atoms with Crippen LogP contribution < -0.4 is 0 Å². The van der Waals surface area contributed by atoms with Gasteiger partial charge in [-0.15, -0.1) is 0 Å². The summed E-state index contributed by atoms with van der Waals surface area (Å²) >= 11 is 0. The highest BCUT2D eigenvalue weighted by atomic mass is 14.7. The quantitative estimate of drug-likeness (QED) is 0.465.